The lowest BCUT2D eigenvalue weighted by molar-refractivity contribution is -0.156. The van der Waals surface area contributed by atoms with E-state index in [0.717, 1.165) is 0 Å². The van der Waals surface area contributed by atoms with Crippen LogP contribution in [0.1, 0.15) is 13.8 Å². The van der Waals surface area contributed by atoms with Crippen LogP contribution in [-0.4, -0.2) is 11.9 Å². The largest absolute Gasteiger partial charge is 0.394 e. The van der Waals surface area contributed by atoms with Gasteiger partial charge in [0.15, 0.2) is 0 Å². The predicted molar refractivity (Wildman–Crippen MR) is 37.9 cm³/mol. The normalized spacial score (nSPS) is 6.75. The summed E-state index contributed by atoms with van der Waals surface area (Å²) < 4.78 is 3.97. The van der Waals surface area contributed by atoms with E-state index in [2.05, 4.69) is 4.74 Å². The van der Waals surface area contributed by atoms with E-state index in [1.807, 2.05) is 0 Å². The van der Waals surface area contributed by atoms with Crippen LogP contribution >= 0.6 is 24.0 Å². The van der Waals surface area contributed by atoms with E-state index >= 15 is 0 Å². The van der Waals surface area contributed by atoms with Gasteiger partial charge >= 0.3 is 11.9 Å². The lowest BCUT2D eigenvalue weighted by atomic mass is 10.7. The number of hydrogen-bond donors (Lipinski definition) is 0. The Kier molecular flexibility index (Phi) is 6.76. The van der Waals surface area contributed by atoms with Crippen LogP contribution < -0.4 is 0 Å². The monoisotopic (exact) mass is 230 g/mol. The second-order valence-electron chi connectivity index (χ2n) is 1.09. The third-order valence-electron chi connectivity index (χ3n) is 0.287. The Labute approximate surface area is 64.4 Å². The van der Waals surface area contributed by atoms with Crippen molar-refractivity contribution in [3.8, 4) is 0 Å². The first kappa shape index (κ1) is 10.8. The third kappa shape index (κ3) is 9.30. The minimum atomic E-state index is -0.562. The zero-order chi connectivity index (χ0) is 5.86. The van der Waals surface area contributed by atoms with Crippen molar-refractivity contribution in [3.63, 3.8) is 0 Å². The van der Waals surface area contributed by atoms with E-state index in [1.165, 1.54) is 13.8 Å². The van der Waals surface area contributed by atoms with E-state index in [-0.39, 0.29) is 24.0 Å². The number of carbonyl (C=O) groups excluding carboxylic acids is 2. The van der Waals surface area contributed by atoms with Crippen molar-refractivity contribution in [1.29, 1.82) is 0 Å². The molecule has 0 atom stereocenters. The first-order valence-corrected chi connectivity index (χ1v) is 1.82. The van der Waals surface area contributed by atoms with Gasteiger partial charge in [0.1, 0.15) is 0 Å². The average molecular weight is 230 g/mol. The highest BCUT2D eigenvalue weighted by atomic mass is 127. The fourth-order valence-corrected chi connectivity index (χ4v) is 0.202. The lowest BCUT2D eigenvalue weighted by Gasteiger charge is -1.87. The van der Waals surface area contributed by atoms with Gasteiger partial charge in [0.25, 0.3) is 0 Å². The molecule has 0 N–H and O–H groups in total. The molecule has 48 valence electrons. The fourth-order valence-electron chi connectivity index (χ4n) is 0.202. The van der Waals surface area contributed by atoms with Crippen LogP contribution in [0.15, 0.2) is 0 Å². The quantitative estimate of drug-likeness (QED) is 0.349. The van der Waals surface area contributed by atoms with Crippen LogP contribution in [-0.2, 0) is 14.3 Å². The Balaban J connectivity index is 0. The number of esters is 2. The minimum absolute atomic E-state index is 0. The third-order valence-corrected chi connectivity index (χ3v) is 0.287. The topological polar surface area (TPSA) is 43.4 Å². The second-order valence-corrected chi connectivity index (χ2v) is 1.09. The molecule has 0 aromatic rings. The molecule has 0 saturated heterocycles. The van der Waals surface area contributed by atoms with Gasteiger partial charge in [-0.1, -0.05) is 0 Å². The molecule has 0 fully saturated rings. The number of hydrogen-bond acceptors (Lipinski definition) is 3. The summed E-state index contributed by atoms with van der Waals surface area (Å²) >= 11 is 0. The highest BCUT2D eigenvalue weighted by molar-refractivity contribution is 14.0. The molecule has 0 saturated carbocycles. The van der Waals surface area contributed by atoms with Gasteiger partial charge in [-0.05, 0) is 0 Å². The molecule has 0 aromatic carbocycles. The Morgan fingerprint density at radius 3 is 1.38 bits per heavy atom. The maximum Gasteiger partial charge on any atom is 0.310 e. The lowest BCUT2D eigenvalue weighted by Crippen LogP contribution is -2.03. The maximum atomic E-state index is 9.81. The van der Waals surface area contributed by atoms with E-state index in [1.54, 1.807) is 0 Å². The molecular formula is C4H7IO3. The number of carbonyl (C=O) groups is 2. The van der Waals surface area contributed by atoms with Gasteiger partial charge in [-0.15, -0.1) is 24.0 Å². The maximum absolute atomic E-state index is 9.81. The molecule has 0 spiro atoms. The van der Waals surface area contributed by atoms with Gasteiger partial charge in [-0.3, -0.25) is 9.59 Å². The van der Waals surface area contributed by atoms with Gasteiger partial charge in [0.2, 0.25) is 0 Å². The van der Waals surface area contributed by atoms with Crippen molar-refractivity contribution in [2.24, 2.45) is 0 Å². The molecule has 0 bridgehead atoms. The van der Waals surface area contributed by atoms with Gasteiger partial charge in [-0.2, -0.15) is 0 Å². The molecule has 0 radical (unpaired) electrons. The van der Waals surface area contributed by atoms with Gasteiger partial charge in [0, 0.05) is 13.8 Å². The summed E-state index contributed by atoms with van der Waals surface area (Å²) in [6, 6.07) is 0. The summed E-state index contributed by atoms with van der Waals surface area (Å²) in [6.07, 6.45) is 0. The van der Waals surface area contributed by atoms with E-state index in [4.69, 9.17) is 0 Å². The van der Waals surface area contributed by atoms with Crippen LogP contribution in [0.3, 0.4) is 0 Å². The standard InChI is InChI=1S/C4H6O3.HI/c1-3(5)7-4(2)6;/h1-2H3;1H. The van der Waals surface area contributed by atoms with Crippen LogP contribution in [0.5, 0.6) is 0 Å². The van der Waals surface area contributed by atoms with Crippen molar-refractivity contribution < 1.29 is 14.3 Å². The molecule has 0 rings (SSSR count). The van der Waals surface area contributed by atoms with Crippen molar-refractivity contribution in [1.82, 2.24) is 0 Å². The second kappa shape index (κ2) is 5.02. The van der Waals surface area contributed by atoms with Crippen LogP contribution in [0.2, 0.25) is 0 Å². The zero-order valence-corrected chi connectivity index (χ0v) is 6.96. The fraction of sp³-hybridized carbons (Fsp3) is 0.500. The van der Waals surface area contributed by atoms with E-state index in [0.29, 0.717) is 0 Å². The predicted octanol–water partition coefficient (Wildman–Crippen LogP) is 0.714. The molecule has 0 unspecified atom stereocenters. The SMILES string of the molecule is CC(=O)OC(C)=O.I. The minimum Gasteiger partial charge on any atom is -0.394 e. The van der Waals surface area contributed by atoms with Crippen molar-refractivity contribution >= 4 is 35.9 Å². The van der Waals surface area contributed by atoms with E-state index in [9.17, 15) is 9.59 Å². The highest BCUT2D eigenvalue weighted by Crippen LogP contribution is 1.73. The molecule has 0 aliphatic rings. The Bertz CT molecular complexity index is 87.5. The molecule has 4 heteroatoms. The molecule has 0 aromatic heterocycles. The van der Waals surface area contributed by atoms with E-state index < -0.39 is 11.9 Å². The average Bonchev–Trinajstić information content (AvgIpc) is 1.27. The summed E-state index contributed by atoms with van der Waals surface area (Å²) in [5.41, 5.74) is 0. The zero-order valence-electron chi connectivity index (χ0n) is 4.63. The molecular weight excluding hydrogens is 223 g/mol. The molecule has 0 aliphatic carbocycles. The molecule has 8 heavy (non-hydrogen) atoms. The number of rotatable bonds is 0. The number of halogens is 1. The van der Waals surface area contributed by atoms with Crippen molar-refractivity contribution in [2.75, 3.05) is 0 Å². The highest BCUT2D eigenvalue weighted by Gasteiger charge is 1.93. The molecule has 0 amide bonds. The van der Waals surface area contributed by atoms with Gasteiger partial charge in [0.05, 0.1) is 0 Å². The molecule has 0 heterocycles. The van der Waals surface area contributed by atoms with Crippen LogP contribution in [0, 0.1) is 0 Å². The summed E-state index contributed by atoms with van der Waals surface area (Å²) in [6.45, 7) is 2.36. The first-order valence-electron chi connectivity index (χ1n) is 1.82. The summed E-state index contributed by atoms with van der Waals surface area (Å²) in [4.78, 5) is 19.6. The Morgan fingerprint density at radius 2 is 1.38 bits per heavy atom. The van der Waals surface area contributed by atoms with Crippen LogP contribution in [0.4, 0.5) is 0 Å². The number of ether oxygens (including phenoxy) is 1. The first-order chi connectivity index (χ1) is 3.13. The van der Waals surface area contributed by atoms with Crippen LogP contribution in [0.25, 0.3) is 0 Å². The van der Waals surface area contributed by atoms with Gasteiger partial charge < -0.3 is 4.74 Å². The summed E-state index contributed by atoms with van der Waals surface area (Å²) in [5.74, 6) is -1.12. The van der Waals surface area contributed by atoms with Gasteiger partial charge in [-0.25, -0.2) is 0 Å². The van der Waals surface area contributed by atoms with Crippen molar-refractivity contribution in [3.05, 3.63) is 0 Å². The summed E-state index contributed by atoms with van der Waals surface area (Å²) in [7, 11) is 0. The Morgan fingerprint density at radius 1 is 1.12 bits per heavy atom. The molecule has 3 nitrogen and oxygen atoms in total. The summed E-state index contributed by atoms with van der Waals surface area (Å²) in [5, 5.41) is 0. The Hall–Kier alpha value is -0.130. The van der Waals surface area contributed by atoms with Crippen molar-refractivity contribution in [2.45, 2.75) is 13.8 Å². The molecule has 0 aliphatic heterocycles. The smallest absolute Gasteiger partial charge is 0.310 e.